The predicted octanol–water partition coefficient (Wildman–Crippen LogP) is 2.21. The van der Waals surface area contributed by atoms with Crippen LogP contribution in [0.3, 0.4) is 0 Å². The Labute approximate surface area is 125 Å². The molecule has 2 rings (SSSR count). The third-order valence-corrected chi connectivity index (χ3v) is 4.17. The van der Waals surface area contributed by atoms with Gasteiger partial charge in [-0.15, -0.1) is 0 Å². The first kappa shape index (κ1) is 15.0. The van der Waals surface area contributed by atoms with Crippen LogP contribution in [0.4, 0.5) is 4.39 Å². The van der Waals surface area contributed by atoms with E-state index in [1.807, 2.05) is 6.92 Å². The third kappa shape index (κ3) is 2.85. The first-order chi connectivity index (χ1) is 9.43. The van der Waals surface area contributed by atoms with Crippen LogP contribution in [0, 0.1) is 5.82 Å². The van der Waals surface area contributed by atoms with E-state index in [1.165, 1.54) is 12.1 Å². The van der Waals surface area contributed by atoms with Crippen molar-refractivity contribution in [1.29, 1.82) is 0 Å². The fourth-order valence-electron chi connectivity index (χ4n) is 2.34. The molecule has 1 heterocycles. The van der Waals surface area contributed by atoms with Gasteiger partial charge in [0.05, 0.1) is 0 Å². The van der Waals surface area contributed by atoms with Gasteiger partial charge in [-0.05, 0) is 31.0 Å². The van der Waals surface area contributed by atoms with Gasteiger partial charge in [-0.1, -0.05) is 28.9 Å². The zero-order valence-electron chi connectivity index (χ0n) is 11.3. The summed E-state index contributed by atoms with van der Waals surface area (Å²) in [7, 11) is 0. The second kappa shape index (κ2) is 5.91. The summed E-state index contributed by atoms with van der Waals surface area (Å²) >= 11 is 3.29. The third-order valence-electron chi connectivity index (χ3n) is 3.43. The van der Waals surface area contributed by atoms with Gasteiger partial charge in [0.1, 0.15) is 17.9 Å². The van der Waals surface area contributed by atoms with Crippen LogP contribution in [-0.4, -0.2) is 28.8 Å². The number of hydrogen-bond donors (Lipinski definition) is 1. The summed E-state index contributed by atoms with van der Waals surface area (Å²) in [6.07, 6.45) is 0.545. The Bertz CT molecular complexity index is 550. The van der Waals surface area contributed by atoms with Crippen molar-refractivity contribution in [2.45, 2.75) is 38.9 Å². The van der Waals surface area contributed by atoms with Gasteiger partial charge < -0.3 is 10.2 Å². The number of carbonyl (C=O) groups excluding carboxylic acids is 2. The van der Waals surface area contributed by atoms with Crippen LogP contribution in [0.5, 0.6) is 0 Å². The molecular weight excluding hydrogens is 327 g/mol. The van der Waals surface area contributed by atoms with Crippen molar-refractivity contribution in [2.75, 3.05) is 0 Å². The molecule has 1 fully saturated rings. The quantitative estimate of drug-likeness (QED) is 0.915. The molecule has 1 N–H and O–H groups in total. The van der Waals surface area contributed by atoms with E-state index in [9.17, 15) is 14.0 Å². The second-order valence-electron chi connectivity index (χ2n) is 4.86. The molecule has 4 nitrogen and oxygen atoms in total. The number of nitrogens with zero attached hydrogens (tertiary/aromatic N) is 1. The van der Waals surface area contributed by atoms with Crippen LogP contribution in [0.25, 0.3) is 0 Å². The summed E-state index contributed by atoms with van der Waals surface area (Å²) in [6, 6.07) is 3.32. The Kier molecular flexibility index (Phi) is 4.42. The lowest BCUT2D eigenvalue weighted by Crippen LogP contribution is -2.61. The first-order valence-corrected chi connectivity index (χ1v) is 7.28. The normalized spacial score (nSPS) is 22.9. The van der Waals surface area contributed by atoms with Crippen molar-refractivity contribution in [3.8, 4) is 0 Å². The molecule has 0 saturated carbocycles. The predicted molar refractivity (Wildman–Crippen MR) is 76.3 cm³/mol. The number of benzene rings is 1. The molecule has 1 aliphatic rings. The van der Waals surface area contributed by atoms with Crippen molar-refractivity contribution in [2.24, 2.45) is 0 Å². The van der Waals surface area contributed by atoms with Crippen LogP contribution in [0.1, 0.15) is 25.8 Å². The number of hydrogen-bond acceptors (Lipinski definition) is 2. The van der Waals surface area contributed by atoms with Crippen LogP contribution in [-0.2, 0) is 16.1 Å². The van der Waals surface area contributed by atoms with E-state index < -0.39 is 12.1 Å². The van der Waals surface area contributed by atoms with E-state index in [-0.39, 0.29) is 24.2 Å². The molecule has 1 saturated heterocycles. The molecule has 1 aliphatic heterocycles. The average molecular weight is 343 g/mol. The van der Waals surface area contributed by atoms with E-state index in [0.29, 0.717) is 10.9 Å². The van der Waals surface area contributed by atoms with Crippen LogP contribution >= 0.6 is 15.9 Å². The average Bonchev–Trinajstić information content (AvgIpc) is 2.38. The second-order valence-corrected chi connectivity index (χ2v) is 5.71. The number of carbonyl (C=O) groups is 2. The van der Waals surface area contributed by atoms with E-state index in [0.717, 1.165) is 5.56 Å². The zero-order valence-corrected chi connectivity index (χ0v) is 12.9. The van der Waals surface area contributed by atoms with E-state index in [2.05, 4.69) is 21.2 Å². The Balaban J connectivity index is 2.28. The number of amides is 2. The van der Waals surface area contributed by atoms with Crippen LogP contribution in [0.15, 0.2) is 22.7 Å². The Morgan fingerprint density at radius 2 is 2.10 bits per heavy atom. The smallest absolute Gasteiger partial charge is 0.245 e. The molecule has 20 heavy (non-hydrogen) atoms. The van der Waals surface area contributed by atoms with Crippen LogP contribution in [0.2, 0.25) is 0 Å². The maximum absolute atomic E-state index is 13.1. The Morgan fingerprint density at radius 3 is 2.70 bits per heavy atom. The van der Waals surface area contributed by atoms with E-state index >= 15 is 0 Å². The first-order valence-electron chi connectivity index (χ1n) is 6.48. The molecule has 2 atom stereocenters. The Hall–Kier alpha value is -1.43. The lowest BCUT2D eigenvalue weighted by atomic mass is 10.0. The largest absolute Gasteiger partial charge is 0.343 e. The molecule has 0 aromatic heterocycles. The van der Waals surface area contributed by atoms with Crippen molar-refractivity contribution in [1.82, 2.24) is 10.2 Å². The molecule has 6 heteroatoms. The van der Waals surface area contributed by atoms with Gasteiger partial charge in [-0.3, -0.25) is 9.59 Å². The summed E-state index contributed by atoms with van der Waals surface area (Å²) in [6.45, 7) is 3.81. The highest BCUT2D eigenvalue weighted by atomic mass is 79.9. The number of piperazine rings is 1. The van der Waals surface area contributed by atoms with Gasteiger partial charge in [-0.25, -0.2) is 4.39 Å². The summed E-state index contributed by atoms with van der Waals surface area (Å²) in [5, 5.41) is 2.67. The van der Waals surface area contributed by atoms with E-state index in [4.69, 9.17) is 0 Å². The molecule has 1 aromatic rings. The molecule has 2 amide bonds. The molecule has 0 radical (unpaired) electrons. The number of nitrogens with one attached hydrogen (secondary N) is 1. The maximum Gasteiger partial charge on any atom is 0.245 e. The minimum atomic E-state index is -0.524. The maximum atomic E-state index is 13.1. The lowest BCUT2D eigenvalue weighted by Gasteiger charge is -2.37. The molecule has 0 spiro atoms. The van der Waals surface area contributed by atoms with Gasteiger partial charge in [-0.2, -0.15) is 0 Å². The highest BCUT2D eigenvalue weighted by molar-refractivity contribution is 9.10. The highest BCUT2D eigenvalue weighted by Crippen LogP contribution is 2.23. The lowest BCUT2D eigenvalue weighted by molar-refractivity contribution is -0.149. The van der Waals surface area contributed by atoms with Crippen molar-refractivity contribution in [3.63, 3.8) is 0 Å². The van der Waals surface area contributed by atoms with E-state index in [1.54, 1.807) is 17.9 Å². The van der Waals surface area contributed by atoms with Crippen LogP contribution < -0.4 is 5.32 Å². The highest BCUT2D eigenvalue weighted by Gasteiger charge is 2.37. The van der Waals surface area contributed by atoms with Gasteiger partial charge in [0.15, 0.2) is 0 Å². The van der Waals surface area contributed by atoms with Gasteiger partial charge >= 0.3 is 0 Å². The zero-order chi connectivity index (χ0) is 14.9. The minimum absolute atomic E-state index is 0.118. The SMILES string of the molecule is CCC1C(=O)NC(C)C(=O)N1Cc1ccc(F)cc1Br. The standard InChI is InChI=1S/C14H16BrFN2O2/c1-3-12-13(19)17-8(2)14(20)18(12)7-9-4-5-10(16)6-11(9)15/h4-6,8,12H,3,7H2,1-2H3,(H,17,19). The topological polar surface area (TPSA) is 49.4 Å². The summed E-state index contributed by atoms with van der Waals surface area (Å²) in [5.74, 6) is -0.603. The molecule has 1 aromatic carbocycles. The number of halogens is 2. The number of rotatable bonds is 3. The summed E-state index contributed by atoms with van der Waals surface area (Å²) in [4.78, 5) is 25.7. The van der Waals surface area contributed by atoms with Crippen molar-refractivity contribution >= 4 is 27.7 Å². The molecular formula is C14H16BrFN2O2. The minimum Gasteiger partial charge on any atom is -0.343 e. The molecule has 108 valence electrons. The van der Waals surface area contributed by atoms with Gasteiger partial charge in [0, 0.05) is 11.0 Å². The van der Waals surface area contributed by atoms with Gasteiger partial charge in [0.2, 0.25) is 11.8 Å². The van der Waals surface area contributed by atoms with Gasteiger partial charge in [0.25, 0.3) is 0 Å². The molecule has 0 aliphatic carbocycles. The summed E-state index contributed by atoms with van der Waals surface area (Å²) in [5.41, 5.74) is 0.778. The monoisotopic (exact) mass is 342 g/mol. The molecule has 2 unspecified atom stereocenters. The fourth-order valence-corrected chi connectivity index (χ4v) is 2.82. The molecule has 0 bridgehead atoms. The Morgan fingerprint density at radius 1 is 1.40 bits per heavy atom. The summed E-state index contributed by atoms with van der Waals surface area (Å²) < 4.78 is 13.7. The van der Waals surface area contributed by atoms with Crippen molar-refractivity contribution < 1.29 is 14.0 Å². The van der Waals surface area contributed by atoms with Crippen molar-refractivity contribution in [3.05, 3.63) is 34.1 Å². The fraction of sp³-hybridized carbons (Fsp3) is 0.429.